The summed E-state index contributed by atoms with van der Waals surface area (Å²) in [6.07, 6.45) is 8.43. The molecule has 1 atom stereocenters. The molecule has 0 bridgehead atoms. The normalized spacial score (nSPS) is 11.6. The number of anilines is 1. The van der Waals surface area contributed by atoms with Gasteiger partial charge in [-0.1, -0.05) is 0 Å². The van der Waals surface area contributed by atoms with Crippen LogP contribution in [-0.2, 0) is 11.4 Å². The van der Waals surface area contributed by atoms with Gasteiger partial charge in [0.15, 0.2) is 11.5 Å². The summed E-state index contributed by atoms with van der Waals surface area (Å²) in [6.45, 7) is 2.18. The second-order valence-corrected chi connectivity index (χ2v) is 5.68. The average molecular weight is 352 g/mol. The molecule has 1 unspecified atom stereocenters. The van der Waals surface area contributed by atoms with E-state index in [1.807, 2.05) is 12.1 Å². The number of nitrogens with zero attached hydrogens (tertiary/aromatic N) is 3. The van der Waals surface area contributed by atoms with E-state index in [1.165, 1.54) is 0 Å². The Bertz CT molecular complexity index is 850. The van der Waals surface area contributed by atoms with E-state index in [2.05, 4.69) is 15.3 Å². The van der Waals surface area contributed by atoms with Crippen LogP contribution in [0, 0.1) is 0 Å². The van der Waals surface area contributed by atoms with Crippen LogP contribution in [-0.4, -0.2) is 27.6 Å². The molecule has 1 amide bonds. The van der Waals surface area contributed by atoms with Gasteiger partial charge in [0.1, 0.15) is 12.6 Å². The van der Waals surface area contributed by atoms with Gasteiger partial charge in [0.2, 0.25) is 5.91 Å². The van der Waals surface area contributed by atoms with E-state index in [9.17, 15) is 4.79 Å². The minimum atomic E-state index is -0.374. The van der Waals surface area contributed by atoms with Gasteiger partial charge in [-0.15, -0.1) is 0 Å². The average Bonchev–Trinajstić information content (AvgIpc) is 3.21. The number of rotatable bonds is 7. The van der Waals surface area contributed by atoms with Crippen LogP contribution in [0.5, 0.6) is 11.5 Å². The third kappa shape index (κ3) is 4.18. The van der Waals surface area contributed by atoms with Crippen LogP contribution in [0.25, 0.3) is 0 Å². The quantitative estimate of drug-likeness (QED) is 0.707. The molecule has 0 aliphatic heterocycles. The maximum atomic E-state index is 12.4. The predicted octanol–water partition coefficient (Wildman–Crippen LogP) is 3.07. The molecule has 3 aromatic rings. The maximum Gasteiger partial charge on any atom is 0.247 e. The Kier molecular flexibility index (Phi) is 5.48. The summed E-state index contributed by atoms with van der Waals surface area (Å²) in [5.41, 5.74) is 1.62. The van der Waals surface area contributed by atoms with Crippen LogP contribution in [0.2, 0.25) is 0 Å². The number of aromatic nitrogens is 3. The fraction of sp³-hybridized carbons (Fsp3) is 0.211. The molecule has 0 aliphatic rings. The molecule has 7 heteroatoms. The van der Waals surface area contributed by atoms with Crippen molar-refractivity contribution >= 4 is 11.6 Å². The molecular formula is C19H20N4O3. The fourth-order valence-corrected chi connectivity index (χ4v) is 2.39. The first-order valence-corrected chi connectivity index (χ1v) is 8.15. The SMILES string of the molecule is COc1ccc(NC(=O)C(C)n2ccnc2)cc1OCc1ccncc1. The number of pyridine rings is 1. The first kappa shape index (κ1) is 17.5. The van der Waals surface area contributed by atoms with Crippen LogP contribution in [0.3, 0.4) is 0 Å². The van der Waals surface area contributed by atoms with Crippen LogP contribution in [0.15, 0.2) is 61.4 Å². The second-order valence-electron chi connectivity index (χ2n) is 5.68. The van der Waals surface area contributed by atoms with Gasteiger partial charge in [-0.05, 0) is 36.8 Å². The van der Waals surface area contributed by atoms with E-state index >= 15 is 0 Å². The largest absolute Gasteiger partial charge is 0.493 e. The van der Waals surface area contributed by atoms with Crippen molar-refractivity contribution in [2.45, 2.75) is 19.6 Å². The van der Waals surface area contributed by atoms with Crippen molar-refractivity contribution in [2.75, 3.05) is 12.4 Å². The Morgan fingerprint density at radius 2 is 1.96 bits per heavy atom. The van der Waals surface area contributed by atoms with Gasteiger partial charge < -0.3 is 19.4 Å². The highest BCUT2D eigenvalue weighted by molar-refractivity contribution is 5.93. The maximum absolute atomic E-state index is 12.4. The van der Waals surface area contributed by atoms with Crippen molar-refractivity contribution in [3.8, 4) is 11.5 Å². The number of methoxy groups -OCH3 is 1. The first-order valence-electron chi connectivity index (χ1n) is 8.15. The van der Waals surface area contributed by atoms with E-state index in [-0.39, 0.29) is 11.9 Å². The molecule has 0 saturated carbocycles. The van der Waals surface area contributed by atoms with Crippen molar-refractivity contribution in [1.29, 1.82) is 0 Å². The van der Waals surface area contributed by atoms with Crippen molar-refractivity contribution in [1.82, 2.24) is 14.5 Å². The number of hydrogen-bond acceptors (Lipinski definition) is 5. The first-order chi connectivity index (χ1) is 12.7. The highest BCUT2D eigenvalue weighted by atomic mass is 16.5. The Hall–Kier alpha value is -3.35. The Labute approximate surface area is 151 Å². The molecule has 3 rings (SSSR count). The zero-order valence-electron chi connectivity index (χ0n) is 14.6. The lowest BCUT2D eigenvalue weighted by molar-refractivity contribution is -0.118. The molecule has 0 saturated heterocycles. The lowest BCUT2D eigenvalue weighted by Crippen LogP contribution is -2.22. The number of imidazole rings is 1. The van der Waals surface area contributed by atoms with Gasteiger partial charge in [0.25, 0.3) is 0 Å². The molecule has 26 heavy (non-hydrogen) atoms. The number of carbonyl (C=O) groups is 1. The second kappa shape index (κ2) is 8.15. The molecule has 1 aromatic carbocycles. The lowest BCUT2D eigenvalue weighted by Gasteiger charge is -2.15. The third-order valence-corrected chi connectivity index (χ3v) is 3.93. The Balaban J connectivity index is 1.71. The van der Waals surface area contributed by atoms with Crippen molar-refractivity contribution in [3.05, 3.63) is 67.0 Å². The van der Waals surface area contributed by atoms with E-state index in [0.717, 1.165) is 5.56 Å². The zero-order valence-corrected chi connectivity index (χ0v) is 14.6. The Morgan fingerprint density at radius 1 is 1.15 bits per heavy atom. The van der Waals surface area contributed by atoms with Gasteiger partial charge in [-0.25, -0.2) is 4.98 Å². The van der Waals surface area contributed by atoms with Crippen LogP contribution >= 0.6 is 0 Å². The van der Waals surface area contributed by atoms with Gasteiger partial charge in [-0.3, -0.25) is 9.78 Å². The number of amides is 1. The van der Waals surface area contributed by atoms with Gasteiger partial charge in [0.05, 0.1) is 13.4 Å². The van der Waals surface area contributed by atoms with Gasteiger partial charge in [-0.2, -0.15) is 0 Å². The number of ether oxygens (including phenoxy) is 2. The summed E-state index contributed by atoms with van der Waals surface area (Å²) < 4.78 is 12.9. The predicted molar refractivity (Wildman–Crippen MR) is 97.1 cm³/mol. The van der Waals surface area contributed by atoms with E-state index in [0.29, 0.717) is 23.8 Å². The molecule has 0 spiro atoms. The molecule has 2 heterocycles. The molecule has 7 nitrogen and oxygen atoms in total. The monoisotopic (exact) mass is 352 g/mol. The number of carbonyl (C=O) groups excluding carboxylic acids is 1. The standard InChI is InChI=1S/C19H20N4O3/c1-14(23-10-9-21-13-23)19(24)22-16-3-4-17(25-2)18(11-16)26-12-15-5-7-20-8-6-15/h3-11,13-14H,12H2,1-2H3,(H,22,24). The number of benzene rings is 1. The molecule has 0 fully saturated rings. The topological polar surface area (TPSA) is 78.3 Å². The van der Waals surface area contributed by atoms with E-state index in [1.54, 1.807) is 67.9 Å². The smallest absolute Gasteiger partial charge is 0.247 e. The van der Waals surface area contributed by atoms with E-state index < -0.39 is 0 Å². The lowest BCUT2D eigenvalue weighted by atomic mass is 10.2. The molecule has 1 N–H and O–H groups in total. The summed E-state index contributed by atoms with van der Waals surface area (Å²) in [5, 5.41) is 2.89. The fourth-order valence-electron chi connectivity index (χ4n) is 2.39. The summed E-state index contributed by atoms with van der Waals surface area (Å²) >= 11 is 0. The van der Waals surface area contributed by atoms with Gasteiger partial charge >= 0.3 is 0 Å². The third-order valence-electron chi connectivity index (χ3n) is 3.93. The van der Waals surface area contributed by atoms with E-state index in [4.69, 9.17) is 9.47 Å². The Morgan fingerprint density at radius 3 is 2.65 bits per heavy atom. The summed E-state index contributed by atoms with van der Waals surface area (Å²) in [5.74, 6) is 1.00. The number of nitrogens with one attached hydrogen (secondary N) is 1. The minimum Gasteiger partial charge on any atom is -0.493 e. The van der Waals surface area contributed by atoms with Crippen LogP contribution in [0.4, 0.5) is 5.69 Å². The highest BCUT2D eigenvalue weighted by Gasteiger charge is 2.15. The summed E-state index contributed by atoms with van der Waals surface area (Å²) in [7, 11) is 1.58. The van der Waals surface area contributed by atoms with Crippen molar-refractivity contribution in [2.24, 2.45) is 0 Å². The van der Waals surface area contributed by atoms with Gasteiger partial charge in [0, 0.05) is 36.5 Å². The molecule has 2 aromatic heterocycles. The molecule has 0 aliphatic carbocycles. The molecule has 134 valence electrons. The highest BCUT2D eigenvalue weighted by Crippen LogP contribution is 2.31. The summed E-state index contributed by atoms with van der Waals surface area (Å²) in [4.78, 5) is 20.4. The van der Waals surface area contributed by atoms with Crippen LogP contribution in [0.1, 0.15) is 18.5 Å². The molecular weight excluding hydrogens is 332 g/mol. The zero-order chi connectivity index (χ0) is 18.4. The van der Waals surface area contributed by atoms with Crippen molar-refractivity contribution < 1.29 is 14.3 Å². The minimum absolute atomic E-state index is 0.145. The van der Waals surface area contributed by atoms with Crippen LogP contribution < -0.4 is 14.8 Å². The number of hydrogen-bond donors (Lipinski definition) is 1. The molecule has 0 radical (unpaired) electrons. The summed E-state index contributed by atoms with van der Waals surface area (Å²) in [6, 6.07) is 8.67. The van der Waals surface area contributed by atoms with Crippen molar-refractivity contribution in [3.63, 3.8) is 0 Å².